The molecule has 1 aromatic carbocycles. The van der Waals surface area contributed by atoms with Gasteiger partial charge in [0.1, 0.15) is 17.7 Å². The molecule has 2 rings (SSSR count). The minimum absolute atomic E-state index is 0.260. The molecule has 0 bridgehead atoms. The van der Waals surface area contributed by atoms with Crippen LogP contribution in [0.3, 0.4) is 0 Å². The van der Waals surface area contributed by atoms with E-state index in [9.17, 15) is 14.4 Å². The van der Waals surface area contributed by atoms with Crippen molar-refractivity contribution >= 4 is 35.3 Å². The number of fused-ring (bicyclic) bond motifs is 1. The van der Waals surface area contributed by atoms with Crippen LogP contribution in [0.1, 0.15) is 39.7 Å². The van der Waals surface area contributed by atoms with E-state index in [-0.39, 0.29) is 6.42 Å². The van der Waals surface area contributed by atoms with Gasteiger partial charge in [-0.15, -0.1) is 0 Å². The molecule has 0 radical (unpaired) electrons. The highest BCUT2D eigenvalue weighted by molar-refractivity contribution is 6.32. The lowest BCUT2D eigenvalue weighted by Crippen LogP contribution is -2.53. The normalized spacial score (nSPS) is 17.1. The Bertz CT molecular complexity index is 744. The molecule has 1 heterocycles. The Morgan fingerprint density at radius 2 is 2.00 bits per heavy atom. The fourth-order valence-electron chi connectivity index (χ4n) is 2.98. The molecule has 0 saturated heterocycles. The Labute approximate surface area is 163 Å². The third-order valence-electron chi connectivity index (χ3n) is 4.17. The first-order valence-corrected chi connectivity index (χ1v) is 9.14. The lowest BCUT2D eigenvalue weighted by Gasteiger charge is -2.29. The summed E-state index contributed by atoms with van der Waals surface area (Å²) < 4.78 is 10.1. The number of rotatable bonds is 4. The van der Waals surface area contributed by atoms with Gasteiger partial charge in [0.2, 0.25) is 0 Å². The van der Waals surface area contributed by atoms with Gasteiger partial charge in [-0.05, 0) is 44.9 Å². The number of halogens is 1. The van der Waals surface area contributed by atoms with Crippen LogP contribution in [0, 0.1) is 0 Å². The van der Waals surface area contributed by atoms with Gasteiger partial charge in [0.25, 0.3) is 5.91 Å². The van der Waals surface area contributed by atoms with Crippen molar-refractivity contribution in [1.82, 2.24) is 5.32 Å². The van der Waals surface area contributed by atoms with E-state index < -0.39 is 35.7 Å². The minimum atomic E-state index is -0.850. The quantitative estimate of drug-likeness (QED) is 0.790. The highest BCUT2D eigenvalue weighted by Gasteiger charge is 2.42. The highest BCUT2D eigenvalue weighted by Crippen LogP contribution is 2.37. The zero-order valence-electron chi connectivity index (χ0n) is 16.2. The molecule has 1 N–H and O–H groups in total. The fourth-order valence-corrected chi connectivity index (χ4v) is 3.23. The number of amides is 2. The van der Waals surface area contributed by atoms with E-state index in [4.69, 9.17) is 21.1 Å². The van der Waals surface area contributed by atoms with Crippen molar-refractivity contribution in [1.29, 1.82) is 0 Å². The second-order valence-corrected chi connectivity index (χ2v) is 7.70. The summed E-state index contributed by atoms with van der Waals surface area (Å²) in [7, 11) is 1.27. The molecular formula is C19H25ClN2O5. The molecular weight excluding hydrogens is 372 g/mol. The third kappa shape index (κ3) is 4.71. The van der Waals surface area contributed by atoms with Gasteiger partial charge in [-0.2, -0.15) is 0 Å². The molecule has 0 fully saturated rings. The van der Waals surface area contributed by atoms with Gasteiger partial charge in [0.15, 0.2) is 0 Å². The van der Waals surface area contributed by atoms with Crippen LogP contribution in [0.5, 0.6) is 0 Å². The lowest BCUT2D eigenvalue weighted by atomic mass is 10.1. The molecule has 2 atom stereocenters. The zero-order valence-corrected chi connectivity index (χ0v) is 16.9. The summed E-state index contributed by atoms with van der Waals surface area (Å²) in [6.45, 7) is 6.98. The average Bonchev–Trinajstić information content (AvgIpc) is 2.97. The molecule has 2 amide bonds. The molecule has 27 heavy (non-hydrogen) atoms. The molecule has 1 aliphatic rings. The van der Waals surface area contributed by atoms with Crippen LogP contribution in [0.15, 0.2) is 18.2 Å². The molecule has 1 aromatic rings. The summed E-state index contributed by atoms with van der Waals surface area (Å²) in [4.78, 5) is 38.9. The van der Waals surface area contributed by atoms with Crippen molar-refractivity contribution in [2.24, 2.45) is 0 Å². The Kier molecular flexibility index (Phi) is 6.36. The number of benzene rings is 1. The van der Waals surface area contributed by atoms with Crippen molar-refractivity contribution in [2.75, 3.05) is 12.0 Å². The monoisotopic (exact) mass is 396 g/mol. The molecule has 0 aliphatic carbocycles. The number of carbonyl (C=O) groups excluding carboxylic acids is 3. The Morgan fingerprint density at radius 3 is 2.56 bits per heavy atom. The van der Waals surface area contributed by atoms with E-state index in [0.29, 0.717) is 22.7 Å². The first kappa shape index (κ1) is 21.0. The third-order valence-corrected chi connectivity index (χ3v) is 4.52. The highest BCUT2D eigenvalue weighted by atomic mass is 35.5. The van der Waals surface area contributed by atoms with Gasteiger partial charge in [0, 0.05) is 17.1 Å². The maximum atomic E-state index is 13.2. The maximum Gasteiger partial charge on any atom is 0.408 e. The second-order valence-electron chi connectivity index (χ2n) is 7.30. The van der Waals surface area contributed by atoms with Gasteiger partial charge in [0.05, 0.1) is 7.11 Å². The summed E-state index contributed by atoms with van der Waals surface area (Å²) in [5, 5.41) is 3.06. The summed E-state index contributed by atoms with van der Waals surface area (Å²) in [5.41, 5.74) is 0.565. The number of hydrogen-bond acceptors (Lipinski definition) is 5. The molecule has 0 unspecified atom stereocenters. The predicted molar refractivity (Wildman–Crippen MR) is 102 cm³/mol. The van der Waals surface area contributed by atoms with Crippen LogP contribution in [0.25, 0.3) is 0 Å². The summed E-state index contributed by atoms with van der Waals surface area (Å²) >= 11 is 6.24. The van der Waals surface area contributed by atoms with Gasteiger partial charge in [-0.1, -0.05) is 24.6 Å². The Balaban J connectivity index is 2.31. The largest absolute Gasteiger partial charge is 0.467 e. The summed E-state index contributed by atoms with van der Waals surface area (Å²) in [6, 6.07) is 3.47. The Morgan fingerprint density at radius 1 is 1.33 bits per heavy atom. The van der Waals surface area contributed by atoms with Crippen molar-refractivity contribution in [3.63, 3.8) is 0 Å². The van der Waals surface area contributed by atoms with Crippen LogP contribution in [-0.2, 0) is 25.5 Å². The molecule has 8 heteroatoms. The van der Waals surface area contributed by atoms with Crippen molar-refractivity contribution in [3.05, 3.63) is 28.8 Å². The SMILES string of the molecule is CC[C@H](NC(=O)OC(C)(C)C)C(=O)N1c2cccc(Cl)c2C[C@@H]1C(=O)OC. The first-order valence-electron chi connectivity index (χ1n) is 8.76. The van der Waals surface area contributed by atoms with Crippen molar-refractivity contribution < 1.29 is 23.9 Å². The predicted octanol–water partition coefficient (Wildman–Crippen LogP) is 3.07. The molecule has 0 aromatic heterocycles. The lowest BCUT2D eigenvalue weighted by molar-refractivity contribution is -0.143. The minimum Gasteiger partial charge on any atom is -0.467 e. The van der Waals surface area contributed by atoms with E-state index in [0.717, 1.165) is 0 Å². The summed E-state index contributed by atoms with van der Waals surface area (Å²) in [6.07, 6.45) is -0.0999. The first-order chi connectivity index (χ1) is 12.6. The number of carbonyl (C=O) groups is 3. The number of ether oxygens (including phenoxy) is 2. The number of methoxy groups -OCH3 is 1. The van der Waals surface area contributed by atoms with Crippen molar-refractivity contribution in [2.45, 2.75) is 58.2 Å². The van der Waals surface area contributed by atoms with Gasteiger partial charge in [-0.25, -0.2) is 9.59 Å². The van der Waals surface area contributed by atoms with Crippen LogP contribution in [0.4, 0.5) is 10.5 Å². The van der Waals surface area contributed by atoms with Crippen LogP contribution < -0.4 is 10.2 Å². The molecule has 0 saturated carbocycles. The number of alkyl carbamates (subject to hydrolysis) is 1. The maximum absolute atomic E-state index is 13.2. The van der Waals surface area contributed by atoms with Crippen molar-refractivity contribution in [3.8, 4) is 0 Å². The Hall–Kier alpha value is -2.28. The zero-order chi connectivity index (χ0) is 20.4. The number of esters is 1. The van der Waals surface area contributed by atoms with E-state index in [1.54, 1.807) is 45.9 Å². The standard InChI is InChI=1S/C19H25ClN2O5/c1-6-13(21-18(25)27-19(2,3)4)16(23)22-14-9-7-8-12(20)11(14)10-15(22)17(24)26-5/h7-9,13,15H,6,10H2,1-5H3,(H,21,25)/t13-,15+/m0/s1. The molecule has 0 spiro atoms. The van der Waals surface area contributed by atoms with E-state index in [1.807, 2.05) is 0 Å². The number of nitrogens with zero attached hydrogens (tertiary/aromatic N) is 1. The molecule has 1 aliphatic heterocycles. The van der Waals surface area contributed by atoms with E-state index >= 15 is 0 Å². The summed E-state index contributed by atoms with van der Waals surface area (Å²) in [5.74, 6) is -0.956. The molecule has 148 valence electrons. The average molecular weight is 397 g/mol. The van der Waals surface area contributed by atoms with Gasteiger partial charge < -0.3 is 14.8 Å². The fraction of sp³-hybridized carbons (Fsp3) is 0.526. The van der Waals surface area contributed by atoms with Gasteiger partial charge >= 0.3 is 12.1 Å². The second kappa shape index (κ2) is 8.17. The smallest absolute Gasteiger partial charge is 0.408 e. The van der Waals surface area contributed by atoms with E-state index in [2.05, 4.69) is 5.32 Å². The van der Waals surface area contributed by atoms with E-state index in [1.165, 1.54) is 12.0 Å². The van der Waals surface area contributed by atoms with Gasteiger partial charge in [-0.3, -0.25) is 9.69 Å². The number of nitrogens with one attached hydrogen (secondary N) is 1. The van der Waals surface area contributed by atoms with Crippen LogP contribution in [0.2, 0.25) is 5.02 Å². The number of anilines is 1. The molecule has 7 nitrogen and oxygen atoms in total. The van der Waals surface area contributed by atoms with Crippen LogP contribution >= 0.6 is 11.6 Å². The topological polar surface area (TPSA) is 84.9 Å². The van der Waals surface area contributed by atoms with Crippen LogP contribution in [-0.4, -0.2) is 42.8 Å². The number of hydrogen-bond donors (Lipinski definition) is 1.